The van der Waals surface area contributed by atoms with Crippen molar-refractivity contribution in [3.05, 3.63) is 82.2 Å². The minimum atomic E-state index is -0.967. The summed E-state index contributed by atoms with van der Waals surface area (Å²) in [4.78, 5) is 14.6. The summed E-state index contributed by atoms with van der Waals surface area (Å²) in [6.07, 6.45) is 3.56. The van der Waals surface area contributed by atoms with Crippen molar-refractivity contribution in [3.8, 4) is 0 Å². The van der Waals surface area contributed by atoms with Gasteiger partial charge >= 0.3 is 5.97 Å². The molecule has 0 saturated carbocycles. The first-order chi connectivity index (χ1) is 15.7. The summed E-state index contributed by atoms with van der Waals surface area (Å²) < 4.78 is 17.2. The molecule has 4 nitrogen and oxygen atoms in total. The van der Waals surface area contributed by atoms with Crippen LogP contribution in [-0.4, -0.2) is 40.4 Å². The number of nitrogens with zero attached hydrogens (tertiary/aromatic N) is 2. The van der Waals surface area contributed by atoms with Crippen LogP contribution in [0.4, 0.5) is 10.1 Å². The van der Waals surface area contributed by atoms with E-state index in [2.05, 4.69) is 30.1 Å². The first-order valence-electron chi connectivity index (χ1n) is 11.1. The van der Waals surface area contributed by atoms with Crippen molar-refractivity contribution in [2.45, 2.75) is 38.1 Å². The fourth-order valence-electron chi connectivity index (χ4n) is 4.46. The monoisotopic (exact) mass is 486 g/mol. The summed E-state index contributed by atoms with van der Waals surface area (Å²) in [6, 6.07) is 14.0. The Kier molecular flexibility index (Phi) is 7.17. The average molecular weight is 487 g/mol. The Balaban J connectivity index is 1.81. The van der Waals surface area contributed by atoms with Crippen molar-refractivity contribution in [2.24, 2.45) is 5.92 Å². The summed E-state index contributed by atoms with van der Waals surface area (Å²) in [5, 5.41) is 9.05. The summed E-state index contributed by atoms with van der Waals surface area (Å²) in [5.74, 6) is -0.719. The molecule has 0 radical (unpaired) electrons. The second kappa shape index (κ2) is 9.92. The van der Waals surface area contributed by atoms with E-state index < -0.39 is 5.97 Å². The molecule has 0 fully saturated rings. The zero-order valence-electron chi connectivity index (χ0n) is 19.0. The molecular formula is C26H28ClFN2O2S. The summed E-state index contributed by atoms with van der Waals surface area (Å²) in [5.41, 5.74) is 3.47. The molecule has 2 atom stereocenters. The lowest BCUT2D eigenvalue weighted by molar-refractivity contribution is 0.0697. The number of anilines is 1. The number of likely N-dealkylation sites (N-methyl/N-ethyl adjacent to an activating group) is 1. The molecule has 1 heterocycles. The van der Waals surface area contributed by atoms with Gasteiger partial charge in [0.15, 0.2) is 0 Å². The normalized spacial score (nSPS) is 21.6. The first kappa shape index (κ1) is 23.9. The number of hydrogen-bond donors (Lipinski definition) is 1. The smallest absolute Gasteiger partial charge is 0.335 e. The van der Waals surface area contributed by atoms with Gasteiger partial charge in [0, 0.05) is 29.6 Å². The number of halogens is 2. The summed E-state index contributed by atoms with van der Waals surface area (Å²) in [7, 11) is 2.08. The maximum absolute atomic E-state index is 14.9. The molecule has 2 aliphatic rings. The fourth-order valence-corrected chi connectivity index (χ4v) is 5.89. The molecule has 1 aliphatic carbocycles. The van der Waals surface area contributed by atoms with Gasteiger partial charge in [0.05, 0.1) is 16.6 Å². The van der Waals surface area contributed by atoms with Crippen LogP contribution in [0.2, 0.25) is 0 Å². The molecule has 0 aromatic heterocycles. The molecule has 2 aromatic carbocycles. The molecule has 174 valence electrons. The fraction of sp³-hybridized carbons (Fsp3) is 0.346. The molecule has 0 spiro atoms. The van der Waals surface area contributed by atoms with E-state index in [1.807, 2.05) is 24.3 Å². The van der Waals surface area contributed by atoms with Crippen LogP contribution in [0.15, 0.2) is 65.2 Å². The van der Waals surface area contributed by atoms with Crippen LogP contribution >= 0.6 is 23.5 Å². The largest absolute Gasteiger partial charge is 0.478 e. The second-order valence-corrected chi connectivity index (χ2v) is 10.7. The summed E-state index contributed by atoms with van der Waals surface area (Å²) in [6.45, 7) is 5.07. The zero-order valence-corrected chi connectivity index (χ0v) is 20.5. The number of allylic oxidation sites excluding steroid dienone is 3. The number of carboxylic acid groups (broad SMARTS) is 1. The van der Waals surface area contributed by atoms with E-state index in [4.69, 9.17) is 11.6 Å². The van der Waals surface area contributed by atoms with Gasteiger partial charge in [-0.25, -0.2) is 13.5 Å². The van der Waals surface area contributed by atoms with Crippen molar-refractivity contribution >= 4 is 40.8 Å². The van der Waals surface area contributed by atoms with Gasteiger partial charge in [0.1, 0.15) is 5.82 Å². The SMILES string of the molecule is CC(C)CC1CN(c2ccccc2F)C2=C(C=C(c3cccc(C(=O)O)c3)C(Cl)C2)SN1C. The van der Waals surface area contributed by atoms with Crippen LogP contribution < -0.4 is 4.90 Å². The minimum Gasteiger partial charge on any atom is -0.478 e. The minimum absolute atomic E-state index is 0.223. The van der Waals surface area contributed by atoms with Crippen LogP contribution in [0.25, 0.3) is 5.57 Å². The molecule has 2 aromatic rings. The number of rotatable bonds is 5. The maximum Gasteiger partial charge on any atom is 0.335 e. The van der Waals surface area contributed by atoms with Crippen molar-refractivity contribution in [2.75, 3.05) is 18.5 Å². The number of carboxylic acids is 1. The second-order valence-electron chi connectivity index (χ2n) is 8.95. The van der Waals surface area contributed by atoms with E-state index in [0.717, 1.165) is 28.2 Å². The number of para-hydroxylation sites is 1. The lowest BCUT2D eigenvalue weighted by atomic mass is 9.93. The van der Waals surface area contributed by atoms with E-state index in [9.17, 15) is 14.3 Å². The van der Waals surface area contributed by atoms with Crippen LogP contribution in [0, 0.1) is 11.7 Å². The van der Waals surface area contributed by atoms with Crippen LogP contribution in [0.3, 0.4) is 0 Å². The highest BCUT2D eigenvalue weighted by molar-refractivity contribution is 8.01. The number of hydrogen-bond acceptors (Lipinski definition) is 4. The Hall–Kier alpha value is -2.28. The average Bonchev–Trinajstić information content (AvgIpc) is 2.90. The highest BCUT2D eigenvalue weighted by Gasteiger charge is 2.34. The van der Waals surface area contributed by atoms with E-state index in [1.54, 1.807) is 36.2 Å². The van der Waals surface area contributed by atoms with Gasteiger partial charge in [0.25, 0.3) is 0 Å². The highest BCUT2D eigenvalue weighted by atomic mass is 35.5. The van der Waals surface area contributed by atoms with Gasteiger partial charge in [-0.3, -0.25) is 0 Å². The third-order valence-corrected chi connectivity index (χ3v) is 7.61. The predicted molar refractivity (Wildman–Crippen MR) is 135 cm³/mol. The van der Waals surface area contributed by atoms with Crippen molar-refractivity contribution in [1.82, 2.24) is 4.31 Å². The molecule has 0 bridgehead atoms. The van der Waals surface area contributed by atoms with Gasteiger partial charge in [-0.1, -0.05) is 38.1 Å². The molecule has 7 heteroatoms. The van der Waals surface area contributed by atoms with Gasteiger partial charge < -0.3 is 10.0 Å². The lowest BCUT2D eigenvalue weighted by Crippen LogP contribution is -2.38. The quantitative estimate of drug-likeness (QED) is 0.379. The Morgan fingerprint density at radius 1 is 1.24 bits per heavy atom. The molecule has 4 rings (SSSR count). The van der Waals surface area contributed by atoms with Gasteiger partial charge in [-0.2, -0.15) is 0 Å². The first-order valence-corrected chi connectivity index (χ1v) is 12.3. The van der Waals surface area contributed by atoms with E-state index >= 15 is 0 Å². The predicted octanol–water partition coefficient (Wildman–Crippen LogP) is 6.64. The molecule has 0 saturated heterocycles. The Labute approximate surface area is 203 Å². The van der Waals surface area contributed by atoms with E-state index in [-0.39, 0.29) is 22.8 Å². The van der Waals surface area contributed by atoms with Crippen molar-refractivity contribution in [3.63, 3.8) is 0 Å². The third-order valence-electron chi connectivity index (χ3n) is 6.09. The zero-order chi connectivity index (χ0) is 23.7. The Morgan fingerprint density at radius 3 is 2.70 bits per heavy atom. The van der Waals surface area contributed by atoms with Crippen LogP contribution in [-0.2, 0) is 0 Å². The van der Waals surface area contributed by atoms with Gasteiger partial charge in [-0.15, -0.1) is 11.6 Å². The van der Waals surface area contributed by atoms with Crippen LogP contribution in [0.1, 0.15) is 42.6 Å². The van der Waals surface area contributed by atoms with E-state index in [0.29, 0.717) is 24.6 Å². The topological polar surface area (TPSA) is 43.8 Å². The van der Waals surface area contributed by atoms with Gasteiger partial charge in [-0.05, 0) is 72.8 Å². The molecular weight excluding hydrogens is 459 g/mol. The van der Waals surface area contributed by atoms with Gasteiger partial charge in [0.2, 0.25) is 0 Å². The molecule has 0 amide bonds. The Morgan fingerprint density at radius 2 is 2.00 bits per heavy atom. The maximum atomic E-state index is 14.9. The van der Waals surface area contributed by atoms with E-state index in [1.165, 1.54) is 6.07 Å². The van der Waals surface area contributed by atoms with Crippen molar-refractivity contribution < 1.29 is 14.3 Å². The highest BCUT2D eigenvalue weighted by Crippen LogP contribution is 2.45. The number of carbonyl (C=O) groups is 1. The standard InChI is InChI=1S/C26H28ClFN2O2S/c1-16(2)11-19-15-30(23-10-5-4-9-22(23)28)24-14-21(27)20(13-25(24)33-29(19)3)17-7-6-8-18(12-17)26(31)32/h4-10,12-13,16,19,21H,11,14-15H2,1-3H3,(H,31,32). The van der Waals surface area contributed by atoms with Crippen molar-refractivity contribution in [1.29, 1.82) is 0 Å². The molecule has 1 aliphatic heterocycles. The molecule has 1 N–H and O–H groups in total. The third kappa shape index (κ3) is 5.13. The lowest BCUT2D eigenvalue weighted by Gasteiger charge is -2.34. The summed E-state index contributed by atoms with van der Waals surface area (Å²) >= 11 is 8.53. The molecule has 33 heavy (non-hydrogen) atoms. The van der Waals surface area contributed by atoms with Crippen LogP contribution in [0.5, 0.6) is 0 Å². The molecule has 2 unspecified atom stereocenters. The number of benzene rings is 2. The number of aromatic carboxylic acids is 1. The number of alkyl halides is 1. The Bertz CT molecular complexity index is 1120.